The molecule has 1 aromatic rings. The third-order valence-corrected chi connectivity index (χ3v) is 3.57. The van der Waals surface area contributed by atoms with Crippen molar-refractivity contribution in [1.29, 1.82) is 0 Å². The van der Waals surface area contributed by atoms with Gasteiger partial charge in [-0.25, -0.2) is 0 Å². The average molecular weight is 238 g/mol. The maximum absolute atomic E-state index is 8.72. The molecule has 1 nitrogen and oxygen atoms in total. The summed E-state index contributed by atoms with van der Waals surface area (Å²) in [7, 11) is 0. The van der Waals surface area contributed by atoms with Crippen LogP contribution in [0.4, 0.5) is 0 Å². The molecule has 0 unspecified atom stereocenters. The highest BCUT2D eigenvalue weighted by Crippen LogP contribution is 2.21. The molecule has 0 aliphatic rings. The van der Waals surface area contributed by atoms with Gasteiger partial charge in [-0.3, -0.25) is 0 Å². The number of hydrogen-bond donors (Lipinski definition) is 1. The number of rotatable bonds is 8. The van der Waals surface area contributed by atoms with E-state index in [4.69, 9.17) is 5.11 Å². The van der Waals surface area contributed by atoms with Crippen LogP contribution in [0.25, 0.3) is 6.08 Å². The van der Waals surface area contributed by atoms with Crippen molar-refractivity contribution in [3.05, 3.63) is 28.0 Å². The van der Waals surface area contributed by atoms with E-state index in [9.17, 15) is 0 Å². The van der Waals surface area contributed by atoms with Crippen LogP contribution in [0.2, 0.25) is 0 Å². The first-order valence-electron chi connectivity index (χ1n) is 6.22. The van der Waals surface area contributed by atoms with Crippen molar-refractivity contribution < 1.29 is 5.11 Å². The van der Waals surface area contributed by atoms with E-state index in [1.165, 1.54) is 42.5 Å². The van der Waals surface area contributed by atoms with Crippen LogP contribution in [0.15, 0.2) is 17.5 Å². The molecule has 0 saturated carbocycles. The average Bonchev–Trinajstić information content (AvgIpc) is 2.73. The molecule has 0 aliphatic heterocycles. The van der Waals surface area contributed by atoms with Gasteiger partial charge in [0.2, 0.25) is 0 Å². The highest BCUT2D eigenvalue weighted by molar-refractivity contribution is 7.11. The van der Waals surface area contributed by atoms with Crippen molar-refractivity contribution in [3.8, 4) is 0 Å². The molecule has 2 heteroatoms. The Morgan fingerprint density at radius 1 is 1.31 bits per heavy atom. The Morgan fingerprint density at radius 3 is 2.94 bits per heavy atom. The third-order valence-electron chi connectivity index (χ3n) is 2.65. The van der Waals surface area contributed by atoms with Crippen LogP contribution in [-0.4, -0.2) is 11.7 Å². The summed E-state index contributed by atoms with van der Waals surface area (Å²) >= 11 is 1.80. The van der Waals surface area contributed by atoms with Crippen molar-refractivity contribution in [2.24, 2.45) is 0 Å². The third kappa shape index (κ3) is 4.95. The molecule has 0 fully saturated rings. The second-order valence-electron chi connectivity index (χ2n) is 4.04. The van der Waals surface area contributed by atoms with Crippen molar-refractivity contribution in [1.82, 2.24) is 0 Å². The number of aliphatic hydroxyl groups is 1. The van der Waals surface area contributed by atoms with Gasteiger partial charge in [0.25, 0.3) is 0 Å². The number of aryl methyl sites for hydroxylation is 1. The number of aliphatic hydroxyl groups excluding tert-OH is 1. The monoisotopic (exact) mass is 238 g/mol. The Labute approximate surface area is 103 Å². The Balaban J connectivity index is 2.38. The van der Waals surface area contributed by atoms with Crippen LogP contribution in [0.1, 0.15) is 49.5 Å². The second-order valence-corrected chi connectivity index (χ2v) is 4.98. The molecule has 16 heavy (non-hydrogen) atoms. The summed E-state index contributed by atoms with van der Waals surface area (Å²) in [5, 5.41) is 10.9. The molecule has 0 spiro atoms. The summed E-state index contributed by atoms with van der Waals surface area (Å²) in [5.74, 6) is 0. The maximum atomic E-state index is 8.72. The fraction of sp³-hybridized carbons (Fsp3) is 0.571. The van der Waals surface area contributed by atoms with Crippen LogP contribution in [-0.2, 0) is 6.42 Å². The Morgan fingerprint density at radius 2 is 2.19 bits per heavy atom. The van der Waals surface area contributed by atoms with Crippen LogP contribution in [0.5, 0.6) is 0 Å². The van der Waals surface area contributed by atoms with E-state index in [-0.39, 0.29) is 6.61 Å². The van der Waals surface area contributed by atoms with Gasteiger partial charge in [0.1, 0.15) is 0 Å². The smallest absolute Gasteiger partial charge is 0.0465 e. The van der Waals surface area contributed by atoms with Crippen LogP contribution >= 0.6 is 11.3 Å². The van der Waals surface area contributed by atoms with Gasteiger partial charge in [0.15, 0.2) is 0 Å². The molecule has 1 rings (SSSR count). The minimum atomic E-state index is 0.244. The zero-order valence-electron chi connectivity index (χ0n) is 10.1. The van der Waals surface area contributed by atoms with Gasteiger partial charge in [0.05, 0.1) is 0 Å². The first-order valence-corrected chi connectivity index (χ1v) is 7.10. The van der Waals surface area contributed by atoms with Crippen LogP contribution < -0.4 is 0 Å². The zero-order valence-corrected chi connectivity index (χ0v) is 10.9. The van der Waals surface area contributed by atoms with Gasteiger partial charge >= 0.3 is 0 Å². The summed E-state index contributed by atoms with van der Waals surface area (Å²) in [5.41, 5.74) is 1.47. The fourth-order valence-corrected chi connectivity index (χ4v) is 2.58. The molecular weight excluding hydrogens is 216 g/mol. The summed E-state index contributed by atoms with van der Waals surface area (Å²) in [4.78, 5) is 1.37. The molecule has 90 valence electrons. The van der Waals surface area contributed by atoms with Crippen molar-refractivity contribution in [3.63, 3.8) is 0 Å². The molecule has 0 aliphatic carbocycles. The quantitative estimate of drug-likeness (QED) is 0.671. The SMILES string of the molecule is CCCCCCc1ccsc1C=CCCO. The van der Waals surface area contributed by atoms with Gasteiger partial charge in [-0.05, 0) is 42.3 Å². The Hall–Kier alpha value is -0.600. The molecule has 0 atom stereocenters. The van der Waals surface area contributed by atoms with E-state index < -0.39 is 0 Å². The lowest BCUT2D eigenvalue weighted by molar-refractivity contribution is 0.303. The van der Waals surface area contributed by atoms with E-state index in [1.807, 2.05) is 0 Å². The lowest BCUT2D eigenvalue weighted by Crippen LogP contribution is -1.85. The van der Waals surface area contributed by atoms with E-state index in [0.717, 1.165) is 6.42 Å². The maximum Gasteiger partial charge on any atom is 0.0465 e. The van der Waals surface area contributed by atoms with E-state index in [1.54, 1.807) is 11.3 Å². The Kier molecular flexibility index (Phi) is 7.19. The molecule has 0 saturated heterocycles. The second kappa shape index (κ2) is 8.54. The summed E-state index contributed by atoms with van der Waals surface area (Å²) in [6.45, 7) is 2.49. The van der Waals surface area contributed by atoms with E-state index in [0.29, 0.717) is 0 Å². The van der Waals surface area contributed by atoms with Gasteiger partial charge < -0.3 is 5.11 Å². The normalized spacial score (nSPS) is 11.4. The van der Waals surface area contributed by atoms with Crippen molar-refractivity contribution in [2.75, 3.05) is 6.61 Å². The standard InChI is InChI=1S/C14H22OS/c1-2-3-4-5-8-13-10-12-16-14(13)9-6-7-11-15/h6,9-10,12,15H,2-5,7-8,11H2,1H3. The summed E-state index contributed by atoms with van der Waals surface area (Å²) in [6.07, 6.45) is 11.4. The topological polar surface area (TPSA) is 20.2 Å². The zero-order chi connectivity index (χ0) is 11.6. The number of hydrogen-bond acceptors (Lipinski definition) is 2. The number of unbranched alkanes of at least 4 members (excludes halogenated alkanes) is 3. The molecule has 1 N–H and O–H groups in total. The molecule has 0 radical (unpaired) electrons. The van der Waals surface area contributed by atoms with Crippen LogP contribution in [0.3, 0.4) is 0 Å². The first-order chi connectivity index (χ1) is 7.88. The molecule has 1 heterocycles. The Bertz CT molecular complexity index is 301. The van der Waals surface area contributed by atoms with Gasteiger partial charge in [-0.2, -0.15) is 0 Å². The molecule has 1 aromatic heterocycles. The number of thiophene rings is 1. The molecule has 0 amide bonds. The lowest BCUT2D eigenvalue weighted by Gasteiger charge is -2.00. The van der Waals surface area contributed by atoms with Gasteiger partial charge in [-0.1, -0.05) is 32.3 Å². The highest BCUT2D eigenvalue weighted by atomic mass is 32.1. The van der Waals surface area contributed by atoms with E-state index in [2.05, 4.69) is 30.5 Å². The van der Waals surface area contributed by atoms with Crippen LogP contribution in [0, 0.1) is 0 Å². The van der Waals surface area contributed by atoms with Gasteiger partial charge in [-0.15, -0.1) is 11.3 Å². The lowest BCUT2D eigenvalue weighted by atomic mass is 10.1. The largest absolute Gasteiger partial charge is 0.396 e. The summed E-state index contributed by atoms with van der Waals surface area (Å²) < 4.78 is 0. The van der Waals surface area contributed by atoms with Crippen molar-refractivity contribution in [2.45, 2.75) is 45.4 Å². The first kappa shape index (κ1) is 13.5. The fourth-order valence-electron chi connectivity index (χ4n) is 1.71. The molecule has 0 bridgehead atoms. The predicted molar refractivity (Wildman–Crippen MR) is 72.9 cm³/mol. The predicted octanol–water partition coefficient (Wildman–Crippen LogP) is 4.27. The molecule has 0 aromatic carbocycles. The minimum absolute atomic E-state index is 0.244. The molecular formula is C14H22OS. The minimum Gasteiger partial charge on any atom is -0.396 e. The van der Waals surface area contributed by atoms with E-state index >= 15 is 0 Å². The summed E-state index contributed by atoms with van der Waals surface area (Å²) in [6, 6.07) is 2.23. The van der Waals surface area contributed by atoms with Crippen molar-refractivity contribution >= 4 is 17.4 Å². The van der Waals surface area contributed by atoms with Gasteiger partial charge in [0, 0.05) is 11.5 Å². The highest BCUT2D eigenvalue weighted by Gasteiger charge is 2.00.